The number of hydrogen-bond acceptors (Lipinski definition) is 1. The molecule has 0 saturated heterocycles. The fraction of sp³-hybridized carbons (Fsp3) is 0. The van der Waals surface area contributed by atoms with Crippen LogP contribution in [0.4, 0.5) is 0 Å². The summed E-state index contributed by atoms with van der Waals surface area (Å²) in [7, 11) is 0. The number of fused-ring (bicyclic) bond motifs is 8. The lowest BCUT2D eigenvalue weighted by molar-refractivity contribution is 1.18. The van der Waals surface area contributed by atoms with E-state index in [4.69, 9.17) is 4.98 Å². The largest absolute Gasteiger partial charge is 0.308 e. The molecule has 0 fully saturated rings. The van der Waals surface area contributed by atoms with Crippen LogP contribution in [-0.2, 0) is 0 Å². The molecule has 53 heavy (non-hydrogen) atoms. The molecule has 0 bridgehead atoms. The molecule has 0 atom stereocenters. The zero-order chi connectivity index (χ0) is 34.9. The van der Waals surface area contributed by atoms with Crippen molar-refractivity contribution in [3.63, 3.8) is 0 Å². The number of rotatable bonds is 4. The minimum absolute atomic E-state index is 1.01. The fourth-order valence-electron chi connectivity index (χ4n) is 8.71. The molecule has 0 aliphatic carbocycles. The monoisotopic (exact) mass is 672 g/mol. The Labute approximate surface area is 306 Å². The third-order valence-electron chi connectivity index (χ3n) is 11.0. The first-order valence-corrected chi connectivity index (χ1v) is 18.2. The second-order valence-electron chi connectivity index (χ2n) is 13.9. The van der Waals surface area contributed by atoms with Gasteiger partial charge < -0.3 is 4.57 Å². The summed E-state index contributed by atoms with van der Waals surface area (Å²) in [5, 5.41) is 11.3. The van der Waals surface area contributed by atoms with Crippen LogP contribution in [0.3, 0.4) is 0 Å². The van der Waals surface area contributed by atoms with E-state index < -0.39 is 0 Å². The molecule has 11 aromatic rings. The maximum absolute atomic E-state index is 4.92. The van der Waals surface area contributed by atoms with Crippen molar-refractivity contribution in [2.75, 3.05) is 0 Å². The molecule has 0 unspecified atom stereocenters. The Kier molecular flexibility index (Phi) is 6.59. The molecule has 0 aliphatic heterocycles. The Morgan fingerprint density at radius 1 is 0.358 bits per heavy atom. The van der Waals surface area contributed by atoms with Crippen LogP contribution >= 0.6 is 0 Å². The second-order valence-corrected chi connectivity index (χ2v) is 13.9. The van der Waals surface area contributed by atoms with Gasteiger partial charge in [-0.1, -0.05) is 152 Å². The van der Waals surface area contributed by atoms with Gasteiger partial charge >= 0.3 is 0 Å². The van der Waals surface area contributed by atoms with Gasteiger partial charge in [0.05, 0.1) is 16.6 Å². The molecule has 0 saturated carbocycles. The summed E-state index contributed by atoms with van der Waals surface area (Å²) in [6.07, 6.45) is 1.90. The lowest BCUT2D eigenvalue weighted by atomic mass is 9.85. The van der Waals surface area contributed by atoms with E-state index in [0.717, 1.165) is 22.2 Å². The van der Waals surface area contributed by atoms with Gasteiger partial charge in [0.25, 0.3) is 0 Å². The molecule has 0 aliphatic rings. The Hall–Kier alpha value is -7.03. The van der Waals surface area contributed by atoms with Crippen molar-refractivity contribution in [1.82, 2.24) is 9.55 Å². The van der Waals surface area contributed by atoms with Crippen molar-refractivity contribution in [3.05, 3.63) is 194 Å². The molecule has 0 radical (unpaired) electrons. The first kappa shape index (κ1) is 29.7. The van der Waals surface area contributed by atoms with Crippen LogP contribution in [-0.4, -0.2) is 9.55 Å². The smallest absolute Gasteiger partial charge is 0.0969 e. The topological polar surface area (TPSA) is 17.8 Å². The van der Waals surface area contributed by atoms with Gasteiger partial charge in [0, 0.05) is 17.3 Å². The summed E-state index contributed by atoms with van der Waals surface area (Å²) < 4.78 is 2.36. The van der Waals surface area contributed by atoms with E-state index in [9.17, 15) is 0 Å². The van der Waals surface area contributed by atoms with E-state index in [2.05, 4.69) is 187 Å². The van der Waals surface area contributed by atoms with Crippen molar-refractivity contribution in [2.45, 2.75) is 0 Å². The zero-order valence-electron chi connectivity index (χ0n) is 28.9. The van der Waals surface area contributed by atoms with E-state index in [1.54, 1.807) is 0 Å². The van der Waals surface area contributed by atoms with E-state index in [1.807, 2.05) is 12.3 Å². The molecule has 2 aromatic heterocycles. The molecule has 246 valence electrons. The van der Waals surface area contributed by atoms with E-state index >= 15 is 0 Å². The van der Waals surface area contributed by atoms with Gasteiger partial charge in [-0.25, -0.2) is 0 Å². The minimum atomic E-state index is 1.01. The van der Waals surface area contributed by atoms with E-state index in [0.29, 0.717) is 0 Å². The van der Waals surface area contributed by atoms with Crippen LogP contribution in [0.2, 0.25) is 0 Å². The maximum Gasteiger partial charge on any atom is 0.0969 e. The van der Waals surface area contributed by atoms with Gasteiger partial charge in [-0.3, -0.25) is 4.98 Å². The van der Waals surface area contributed by atoms with Crippen LogP contribution in [0.25, 0.3) is 104 Å². The summed E-state index contributed by atoms with van der Waals surface area (Å²) in [4.78, 5) is 4.92. The summed E-state index contributed by atoms with van der Waals surface area (Å²) in [6.45, 7) is 0. The van der Waals surface area contributed by atoms with Crippen molar-refractivity contribution in [1.29, 1.82) is 0 Å². The van der Waals surface area contributed by atoms with Crippen molar-refractivity contribution < 1.29 is 0 Å². The second kappa shape index (κ2) is 11.8. The van der Waals surface area contributed by atoms with Gasteiger partial charge in [-0.15, -0.1) is 0 Å². The molecule has 2 heterocycles. The lowest BCUT2D eigenvalue weighted by Crippen LogP contribution is -1.95. The van der Waals surface area contributed by atoms with Gasteiger partial charge in [0.15, 0.2) is 0 Å². The Morgan fingerprint density at radius 3 is 1.68 bits per heavy atom. The summed E-state index contributed by atoms with van der Waals surface area (Å²) in [6, 6.07) is 68.5. The standard InChI is InChI=1S/C51H32N2/c1-2-12-33(13-3-1)41-20-10-21-46-50(41)51-47(22-11-31-52-51)53(46)38-28-25-35(26-29-38)48-42-16-6-8-18-44(42)49(45-19-9-7-17-43(45)48)37-27-30-40-36(32-37)24-23-34-14-4-5-15-39(34)40/h1-32H. The average Bonchev–Trinajstić information content (AvgIpc) is 3.57. The average molecular weight is 673 g/mol. The fourth-order valence-corrected chi connectivity index (χ4v) is 8.71. The third kappa shape index (κ3) is 4.56. The molecule has 11 rings (SSSR count). The molecule has 9 aromatic carbocycles. The minimum Gasteiger partial charge on any atom is -0.308 e. The van der Waals surface area contributed by atoms with Gasteiger partial charge in [0.1, 0.15) is 0 Å². The normalized spacial score (nSPS) is 11.8. The van der Waals surface area contributed by atoms with Crippen molar-refractivity contribution in [3.8, 4) is 39.1 Å². The summed E-state index contributed by atoms with van der Waals surface area (Å²) >= 11 is 0. The quantitative estimate of drug-likeness (QED) is 0.134. The Bertz CT molecular complexity index is 3150. The van der Waals surface area contributed by atoms with Crippen molar-refractivity contribution >= 4 is 65.0 Å². The first-order valence-electron chi connectivity index (χ1n) is 18.2. The van der Waals surface area contributed by atoms with Crippen LogP contribution in [0, 0.1) is 0 Å². The van der Waals surface area contributed by atoms with Gasteiger partial charge in [-0.05, 0) is 113 Å². The molecular weight excluding hydrogens is 641 g/mol. The summed E-state index contributed by atoms with van der Waals surface area (Å²) in [5.74, 6) is 0. The highest BCUT2D eigenvalue weighted by Gasteiger charge is 2.19. The Morgan fingerprint density at radius 2 is 0.943 bits per heavy atom. The van der Waals surface area contributed by atoms with E-state index in [1.165, 1.54) is 81.9 Å². The van der Waals surface area contributed by atoms with Crippen LogP contribution < -0.4 is 0 Å². The first-order chi connectivity index (χ1) is 26.3. The highest BCUT2D eigenvalue weighted by Crippen LogP contribution is 2.45. The maximum atomic E-state index is 4.92. The number of pyridine rings is 1. The summed E-state index contributed by atoms with van der Waals surface area (Å²) in [5.41, 5.74) is 11.7. The molecule has 0 spiro atoms. The number of benzene rings is 9. The predicted octanol–water partition coefficient (Wildman–Crippen LogP) is 13.8. The SMILES string of the molecule is c1ccc(-c2cccc3c2c2ncccc2n3-c2ccc(-c3c4ccccc4c(-c4ccc5c(ccc6ccccc65)c4)c4ccccc34)cc2)cc1. The highest BCUT2D eigenvalue weighted by atomic mass is 15.0. The van der Waals surface area contributed by atoms with Gasteiger partial charge in [-0.2, -0.15) is 0 Å². The molecular formula is C51H32N2. The Balaban J connectivity index is 1.10. The van der Waals surface area contributed by atoms with Gasteiger partial charge in [0.2, 0.25) is 0 Å². The van der Waals surface area contributed by atoms with Crippen LogP contribution in [0.5, 0.6) is 0 Å². The number of nitrogens with zero attached hydrogens (tertiary/aromatic N) is 2. The number of aromatic nitrogens is 2. The third-order valence-corrected chi connectivity index (χ3v) is 11.0. The van der Waals surface area contributed by atoms with Crippen LogP contribution in [0.1, 0.15) is 0 Å². The highest BCUT2D eigenvalue weighted by molar-refractivity contribution is 6.22. The van der Waals surface area contributed by atoms with Crippen molar-refractivity contribution in [2.24, 2.45) is 0 Å². The lowest BCUT2D eigenvalue weighted by Gasteiger charge is -2.18. The predicted molar refractivity (Wildman–Crippen MR) is 225 cm³/mol. The zero-order valence-corrected chi connectivity index (χ0v) is 28.9. The number of hydrogen-bond donors (Lipinski definition) is 0. The molecule has 0 amide bonds. The molecule has 2 heteroatoms. The van der Waals surface area contributed by atoms with Crippen LogP contribution in [0.15, 0.2) is 194 Å². The van der Waals surface area contributed by atoms with E-state index in [-0.39, 0.29) is 0 Å². The molecule has 2 nitrogen and oxygen atoms in total. The molecule has 0 N–H and O–H groups in total.